The summed E-state index contributed by atoms with van der Waals surface area (Å²) < 4.78 is 6.18. The molecule has 6 bridgehead atoms. The van der Waals surface area contributed by atoms with Crippen molar-refractivity contribution in [2.45, 2.75) is 64.4 Å². The normalized spacial score (nSPS) is 54.1. The van der Waals surface area contributed by atoms with Gasteiger partial charge in [-0.3, -0.25) is 4.79 Å². The molecule has 0 amide bonds. The van der Waals surface area contributed by atoms with Crippen LogP contribution in [0, 0.1) is 40.9 Å². The van der Waals surface area contributed by atoms with Crippen molar-refractivity contribution in [3.63, 3.8) is 0 Å². The number of allylic oxidation sites excluding steroid dienone is 1. The van der Waals surface area contributed by atoms with Crippen molar-refractivity contribution in [1.29, 1.82) is 0 Å². The molecule has 2 heteroatoms. The highest BCUT2D eigenvalue weighted by molar-refractivity contribution is 5.78. The summed E-state index contributed by atoms with van der Waals surface area (Å²) in [7, 11) is 0. The summed E-state index contributed by atoms with van der Waals surface area (Å²) in [5.74, 6) is 4.46. The van der Waals surface area contributed by atoms with Gasteiger partial charge in [-0.05, 0) is 81.0 Å². The van der Waals surface area contributed by atoms with E-state index in [1.807, 2.05) is 0 Å². The van der Waals surface area contributed by atoms with E-state index in [4.69, 9.17) is 4.74 Å². The maximum absolute atomic E-state index is 13.3. The van der Waals surface area contributed by atoms with E-state index in [2.05, 4.69) is 19.1 Å². The van der Waals surface area contributed by atoms with E-state index in [1.165, 1.54) is 38.5 Å². The zero-order chi connectivity index (χ0) is 14.9. The van der Waals surface area contributed by atoms with Gasteiger partial charge in [-0.15, -0.1) is 0 Å². The maximum Gasteiger partial charge on any atom is 0.312 e. The minimum Gasteiger partial charge on any atom is -0.461 e. The molecule has 0 spiro atoms. The fourth-order valence-electron chi connectivity index (χ4n) is 7.19. The summed E-state index contributed by atoms with van der Waals surface area (Å²) in [5, 5.41) is 0. The van der Waals surface area contributed by atoms with Gasteiger partial charge in [0.1, 0.15) is 6.10 Å². The molecular weight excluding hydrogens is 272 g/mol. The van der Waals surface area contributed by atoms with Crippen LogP contribution in [0.2, 0.25) is 0 Å². The second-order valence-electron chi connectivity index (χ2n) is 8.92. The summed E-state index contributed by atoms with van der Waals surface area (Å²) in [6, 6.07) is 0. The topological polar surface area (TPSA) is 26.3 Å². The lowest BCUT2D eigenvalue weighted by Crippen LogP contribution is -2.57. The van der Waals surface area contributed by atoms with Crippen LogP contribution in [0.15, 0.2) is 12.2 Å². The van der Waals surface area contributed by atoms with Gasteiger partial charge < -0.3 is 4.74 Å². The third-order valence-corrected chi connectivity index (χ3v) is 8.04. The fraction of sp³-hybridized carbons (Fsp3) is 0.850. The Morgan fingerprint density at radius 3 is 2.18 bits per heavy atom. The van der Waals surface area contributed by atoms with Crippen LogP contribution in [-0.4, -0.2) is 12.1 Å². The molecule has 0 aromatic heterocycles. The number of carbonyl (C=O) groups is 1. The summed E-state index contributed by atoms with van der Waals surface area (Å²) in [6.07, 6.45) is 14.7. The average molecular weight is 300 g/mol. The van der Waals surface area contributed by atoms with Crippen LogP contribution >= 0.6 is 0 Å². The van der Waals surface area contributed by atoms with Gasteiger partial charge in [-0.1, -0.05) is 19.1 Å². The smallest absolute Gasteiger partial charge is 0.312 e. The number of carbonyl (C=O) groups excluding carboxylic acids is 1. The van der Waals surface area contributed by atoms with E-state index < -0.39 is 0 Å². The summed E-state index contributed by atoms with van der Waals surface area (Å²) in [6.45, 7) is 2.24. The van der Waals surface area contributed by atoms with Gasteiger partial charge in [0.05, 0.1) is 5.41 Å². The lowest BCUT2D eigenvalue weighted by molar-refractivity contribution is -0.190. The molecule has 5 fully saturated rings. The van der Waals surface area contributed by atoms with Gasteiger partial charge >= 0.3 is 5.97 Å². The van der Waals surface area contributed by atoms with Crippen LogP contribution in [0.4, 0.5) is 0 Å². The molecule has 3 atom stereocenters. The van der Waals surface area contributed by atoms with Crippen LogP contribution < -0.4 is 0 Å². The molecule has 0 heterocycles. The third kappa shape index (κ3) is 1.70. The highest BCUT2D eigenvalue weighted by Crippen LogP contribution is 2.64. The molecule has 6 aliphatic rings. The van der Waals surface area contributed by atoms with Crippen LogP contribution in [0.1, 0.15) is 58.3 Å². The van der Waals surface area contributed by atoms with Gasteiger partial charge in [0.15, 0.2) is 0 Å². The molecular formula is C20H28O2. The lowest BCUT2D eigenvalue weighted by atomic mass is 9.44. The number of esters is 1. The Kier molecular flexibility index (Phi) is 2.86. The molecule has 0 radical (unpaired) electrons. The molecule has 0 N–H and O–H groups in total. The predicted octanol–water partition coefficient (Wildman–Crippen LogP) is 4.35. The van der Waals surface area contributed by atoms with E-state index in [-0.39, 0.29) is 17.5 Å². The Morgan fingerprint density at radius 2 is 1.68 bits per heavy atom. The van der Waals surface area contributed by atoms with Gasteiger partial charge in [0, 0.05) is 5.92 Å². The standard InChI is InChI=1S/C20H28O2/c1-2-20(16-7-13-5-14(9-16)10-17(20)8-13)19(21)22-18-11-12-3-4-15(18)6-12/h3-4,12-18H,2,5-11H2,1H3. The second kappa shape index (κ2) is 4.61. The van der Waals surface area contributed by atoms with Gasteiger partial charge in [-0.25, -0.2) is 0 Å². The molecule has 5 saturated carbocycles. The zero-order valence-electron chi connectivity index (χ0n) is 13.7. The number of fused-ring (bicyclic) bond motifs is 2. The minimum atomic E-state index is -0.126. The molecule has 0 aromatic carbocycles. The summed E-state index contributed by atoms with van der Waals surface area (Å²) >= 11 is 0. The van der Waals surface area contributed by atoms with Gasteiger partial charge in [-0.2, -0.15) is 0 Å². The molecule has 0 aromatic rings. The first kappa shape index (κ1) is 13.6. The van der Waals surface area contributed by atoms with Crippen molar-refractivity contribution >= 4 is 5.97 Å². The first-order valence-corrected chi connectivity index (χ1v) is 9.58. The number of rotatable bonds is 3. The second-order valence-corrected chi connectivity index (χ2v) is 8.92. The van der Waals surface area contributed by atoms with Crippen molar-refractivity contribution in [3.8, 4) is 0 Å². The number of hydrogen-bond acceptors (Lipinski definition) is 2. The molecule has 0 aliphatic heterocycles. The van der Waals surface area contributed by atoms with Crippen molar-refractivity contribution in [2.24, 2.45) is 40.9 Å². The molecule has 3 unspecified atom stereocenters. The fourth-order valence-corrected chi connectivity index (χ4v) is 7.19. The monoisotopic (exact) mass is 300 g/mol. The van der Waals surface area contributed by atoms with Crippen molar-refractivity contribution in [3.05, 3.63) is 12.2 Å². The Bertz CT molecular complexity index is 492. The van der Waals surface area contributed by atoms with Crippen molar-refractivity contribution < 1.29 is 9.53 Å². The highest BCUT2D eigenvalue weighted by atomic mass is 16.5. The van der Waals surface area contributed by atoms with Gasteiger partial charge in [0.2, 0.25) is 0 Å². The van der Waals surface area contributed by atoms with E-state index in [0.29, 0.717) is 23.7 Å². The Hall–Kier alpha value is -0.790. The zero-order valence-corrected chi connectivity index (χ0v) is 13.7. The largest absolute Gasteiger partial charge is 0.461 e. The lowest BCUT2D eigenvalue weighted by Gasteiger charge is -2.59. The van der Waals surface area contributed by atoms with Crippen LogP contribution in [0.25, 0.3) is 0 Å². The van der Waals surface area contributed by atoms with Crippen molar-refractivity contribution in [2.75, 3.05) is 0 Å². The number of ether oxygens (including phenoxy) is 1. The molecule has 6 aliphatic carbocycles. The Balaban J connectivity index is 1.39. The SMILES string of the molecule is CCC1(C(=O)OC2CC3C=CC2C3)C2CC3CC(C2)CC1C3. The Morgan fingerprint density at radius 1 is 1.00 bits per heavy atom. The number of hydrogen-bond donors (Lipinski definition) is 0. The molecule has 22 heavy (non-hydrogen) atoms. The highest BCUT2D eigenvalue weighted by Gasteiger charge is 2.61. The van der Waals surface area contributed by atoms with E-state index in [1.54, 1.807) is 0 Å². The molecule has 2 nitrogen and oxygen atoms in total. The van der Waals surface area contributed by atoms with Gasteiger partial charge in [0.25, 0.3) is 0 Å². The quantitative estimate of drug-likeness (QED) is 0.572. The summed E-state index contributed by atoms with van der Waals surface area (Å²) in [4.78, 5) is 13.3. The maximum atomic E-state index is 13.3. The van der Waals surface area contributed by atoms with Crippen LogP contribution in [0.5, 0.6) is 0 Å². The summed E-state index contributed by atoms with van der Waals surface area (Å²) in [5.41, 5.74) is -0.126. The predicted molar refractivity (Wildman–Crippen MR) is 85.0 cm³/mol. The van der Waals surface area contributed by atoms with Crippen LogP contribution in [-0.2, 0) is 9.53 Å². The first-order valence-electron chi connectivity index (χ1n) is 9.58. The molecule has 0 saturated heterocycles. The third-order valence-electron chi connectivity index (χ3n) is 8.04. The van der Waals surface area contributed by atoms with E-state index in [0.717, 1.165) is 24.7 Å². The minimum absolute atomic E-state index is 0.126. The Labute approximate surface area is 133 Å². The first-order chi connectivity index (χ1) is 10.7. The van der Waals surface area contributed by atoms with Crippen LogP contribution in [0.3, 0.4) is 0 Å². The van der Waals surface area contributed by atoms with Crippen molar-refractivity contribution in [1.82, 2.24) is 0 Å². The van der Waals surface area contributed by atoms with E-state index >= 15 is 0 Å². The average Bonchev–Trinajstić information content (AvgIpc) is 3.09. The van der Waals surface area contributed by atoms with E-state index in [9.17, 15) is 4.79 Å². The molecule has 120 valence electrons. The molecule has 6 rings (SSSR count).